The number of aryl methyl sites for hydroxylation is 2. The summed E-state index contributed by atoms with van der Waals surface area (Å²) in [6, 6.07) is 6.29. The highest BCUT2D eigenvalue weighted by molar-refractivity contribution is 7.99. The average molecular weight is 488 g/mol. The molecule has 0 bridgehead atoms. The second-order valence-electron chi connectivity index (χ2n) is 8.86. The lowest BCUT2D eigenvalue weighted by atomic mass is 10.2. The van der Waals surface area contributed by atoms with Crippen molar-refractivity contribution in [2.45, 2.75) is 52.4 Å². The second-order valence-corrected chi connectivity index (χ2v) is 10.8. The molecule has 1 saturated heterocycles. The first-order valence-electron chi connectivity index (χ1n) is 11.5. The van der Waals surface area contributed by atoms with E-state index in [1.54, 1.807) is 11.3 Å². The van der Waals surface area contributed by atoms with Crippen molar-refractivity contribution >= 4 is 34.8 Å². The molecule has 3 aromatic heterocycles. The number of ketones is 1. The topological polar surface area (TPSA) is 65.2 Å². The first-order valence-corrected chi connectivity index (χ1v) is 13.4. The number of thioether (sulfide) groups is 1. The zero-order chi connectivity index (χ0) is 23.4. The van der Waals surface area contributed by atoms with Gasteiger partial charge < -0.3 is 14.2 Å². The van der Waals surface area contributed by atoms with Gasteiger partial charge in [-0.05, 0) is 43.7 Å². The molecule has 1 aliphatic heterocycles. The lowest BCUT2D eigenvalue weighted by Gasteiger charge is -2.28. The van der Waals surface area contributed by atoms with Crippen LogP contribution < -0.4 is 4.90 Å². The molecular formula is C24H33N5O2S2. The Balaban J connectivity index is 1.45. The van der Waals surface area contributed by atoms with E-state index in [9.17, 15) is 4.79 Å². The van der Waals surface area contributed by atoms with Gasteiger partial charge in [0, 0.05) is 48.0 Å². The number of carbonyl (C=O) groups is 1. The van der Waals surface area contributed by atoms with Crippen LogP contribution in [0.2, 0.25) is 0 Å². The minimum atomic E-state index is 0.141. The van der Waals surface area contributed by atoms with E-state index in [1.165, 1.54) is 16.6 Å². The quantitative estimate of drug-likeness (QED) is 0.311. The second kappa shape index (κ2) is 10.9. The summed E-state index contributed by atoms with van der Waals surface area (Å²) in [6.45, 7) is 13.3. The highest BCUT2D eigenvalue weighted by atomic mass is 32.2. The van der Waals surface area contributed by atoms with Crippen molar-refractivity contribution in [3.8, 4) is 0 Å². The maximum atomic E-state index is 13.2. The number of Topliss-reactive ketones (excluding diaryl/α,β-unsaturated/α-hetero) is 1. The molecule has 4 rings (SSSR count). The molecule has 33 heavy (non-hydrogen) atoms. The molecule has 0 aliphatic carbocycles. The molecule has 4 heterocycles. The largest absolute Gasteiger partial charge is 0.378 e. The number of morpholine rings is 1. The van der Waals surface area contributed by atoms with E-state index >= 15 is 0 Å². The molecule has 0 spiro atoms. The third-order valence-electron chi connectivity index (χ3n) is 5.91. The lowest BCUT2D eigenvalue weighted by Crippen LogP contribution is -2.38. The van der Waals surface area contributed by atoms with Gasteiger partial charge in [0.15, 0.2) is 10.9 Å². The SMILES string of the molecule is Cc1cc(C(=O)CSc2nnc(N3CCOCC3)n2CC(C)C)c(C)n1CCc1cccs1. The highest BCUT2D eigenvalue weighted by Crippen LogP contribution is 2.26. The average Bonchev–Trinajstić information content (AvgIpc) is 3.52. The van der Waals surface area contributed by atoms with Crippen LogP contribution in [0, 0.1) is 19.8 Å². The molecule has 0 unspecified atom stereocenters. The van der Waals surface area contributed by atoms with E-state index in [0.717, 1.165) is 60.7 Å². The zero-order valence-electron chi connectivity index (χ0n) is 19.9. The Labute approximate surface area is 204 Å². The van der Waals surface area contributed by atoms with Crippen LogP contribution in [-0.4, -0.2) is 57.2 Å². The van der Waals surface area contributed by atoms with Gasteiger partial charge in [0.2, 0.25) is 5.95 Å². The fourth-order valence-corrected chi connectivity index (χ4v) is 5.75. The molecule has 0 radical (unpaired) electrons. The van der Waals surface area contributed by atoms with E-state index < -0.39 is 0 Å². The van der Waals surface area contributed by atoms with Gasteiger partial charge >= 0.3 is 0 Å². The molecule has 7 nitrogen and oxygen atoms in total. The summed E-state index contributed by atoms with van der Waals surface area (Å²) in [5, 5.41) is 11.8. The summed E-state index contributed by atoms with van der Waals surface area (Å²) in [6.07, 6.45) is 0.985. The van der Waals surface area contributed by atoms with Crippen LogP contribution in [0.15, 0.2) is 28.7 Å². The molecule has 0 N–H and O–H groups in total. The van der Waals surface area contributed by atoms with E-state index in [1.807, 2.05) is 6.07 Å². The summed E-state index contributed by atoms with van der Waals surface area (Å²) in [4.78, 5) is 16.8. The lowest BCUT2D eigenvalue weighted by molar-refractivity contribution is 0.102. The molecule has 3 aromatic rings. The van der Waals surface area contributed by atoms with Crippen molar-refractivity contribution in [3.63, 3.8) is 0 Å². The molecule has 0 aromatic carbocycles. The maximum Gasteiger partial charge on any atom is 0.228 e. The van der Waals surface area contributed by atoms with Crippen LogP contribution in [0.3, 0.4) is 0 Å². The molecule has 0 amide bonds. The first-order chi connectivity index (χ1) is 15.9. The number of rotatable bonds is 10. The maximum absolute atomic E-state index is 13.2. The number of hydrogen-bond donors (Lipinski definition) is 0. The predicted octanol–water partition coefficient (Wildman–Crippen LogP) is 4.47. The third-order valence-corrected chi connectivity index (χ3v) is 7.81. The van der Waals surface area contributed by atoms with Gasteiger partial charge in [-0.1, -0.05) is 31.7 Å². The Bertz CT molecular complexity index is 1070. The Morgan fingerprint density at radius 2 is 2.00 bits per heavy atom. The number of thiophene rings is 1. The Kier molecular flexibility index (Phi) is 7.93. The molecule has 9 heteroatoms. The van der Waals surface area contributed by atoms with Crippen LogP contribution in [0.1, 0.15) is 40.5 Å². The molecular weight excluding hydrogens is 454 g/mol. The van der Waals surface area contributed by atoms with Crippen molar-refractivity contribution < 1.29 is 9.53 Å². The molecule has 1 fully saturated rings. The monoisotopic (exact) mass is 487 g/mol. The van der Waals surface area contributed by atoms with Gasteiger partial charge in [0.1, 0.15) is 0 Å². The van der Waals surface area contributed by atoms with E-state index in [-0.39, 0.29) is 5.78 Å². The predicted molar refractivity (Wildman–Crippen MR) is 135 cm³/mol. The minimum Gasteiger partial charge on any atom is -0.378 e. The minimum absolute atomic E-state index is 0.141. The molecule has 178 valence electrons. The van der Waals surface area contributed by atoms with Crippen molar-refractivity contribution in [1.29, 1.82) is 0 Å². The van der Waals surface area contributed by atoms with Gasteiger partial charge in [-0.3, -0.25) is 9.36 Å². The summed E-state index contributed by atoms with van der Waals surface area (Å²) < 4.78 is 9.91. The van der Waals surface area contributed by atoms with Crippen LogP contribution in [0.4, 0.5) is 5.95 Å². The number of carbonyl (C=O) groups excluding carboxylic acids is 1. The van der Waals surface area contributed by atoms with Crippen molar-refractivity contribution in [2.75, 3.05) is 37.0 Å². The number of hydrogen-bond acceptors (Lipinski definition) is 7. The molecule has 0 saturated carbocycles. The van der Waals surface area contributed by atoms with Gasteiger partial charge in [0.05, 0.1) is 19.0 Å². The van der Waals surface area contributed by atoms with E-state index in [2.05, 4.69) is 69.4 Å². The zero-order valence-corrected chi connectivity index (χ0v) is 21.5. The van der Waals surface area contributed by atoms with Crippen LogP contribution in [0.25, 0.3) is 0 Å². The standard InChI is InChI=1S/C24H33N5O2S2/c1-17(2)15-29-23(27-9-11-31-12-10-27)25-26-24(29)33-16-22(30)21-14-18(3)28(19(21)4)8-7-20-6-5-13-32-20/h5-6,13-14,17H,7-12,15-16H2,1-4H3. The van der Waals surface area contributed by atoms with Crippen LogP contribution in [0.5, 0.6) is 0 Å². The Morgan fingerprint density at radius 3 is 2.70 bits per heavy atom. The fourth-order valence-electron chi connectivity index (χ4n) is 4.22. The first kappa shape index (κ1) is 24.0. The third kappa shape index (κ3) is 5.70. The number of ether oxygens (including phenoxy) is 1. The van der Waals surface area contributed by atoms with Gasteiger partial charge in [0.25, 0.3) is 0 Å². The molecule has 0 atom stereocenters. The van der Waals surface area contributed by atoms with Crippen LogP contribution >= 0.6 is 23.1 Å². The van der Waals surface area contributed by atoms with Crippen molar-refractivity contribution in [1.82, 2.24) is 19.3 Å². The summed E-state index contributed by atoms with van der Waals surface area (Å²) in [7, 11) is 0. The Morgan fingerprint density at radius 1 is 1.21 bits per heavy atom. The van der Waals surface area contributed by atoms with Crippen LogP contribution in [-0.2, 0) is 24.2 Å². The summed E-state index contributed by atoms with van der Waals surface area (Å²) in [5.74, 6) is 1.84. The number of nitrogens with zero attached hydrogens (tertiary/aromatic N) is 5. The van der Waals surface area contributed by atoms with Crippen molar-refractivity contribution in [2.24, 2.45) is 5.92 Å². The van der Waals surface area contributed by atoms with Gasteiger partial charge in [-0.15, -0.1) is 21.5 Å². The molecule has 1 aliphatic rings. The number of anilines is 1. The van der Waals surface area contributed by atoms with E-state index in [4.69, 9.17) is 4.74 Å². The summed E-state index contributed by atoms with van der Waals surface area (Å²) in [5.41, 5.74) is 3.00. The van der Waals surface area contributed by atoms with E-state index in [0.29, 0.717) is 24.9 Å². The highest BCUT2D eigenvalue weighted by Gasteiger charge is 2.23. The normalized spacial score (nSPS) is 14.4. The summed E-state index contributed by atoms with van der Waals surface area (Å²) >= 11 is 3.27. The fraction of sp³-hybridized carbons (Fsp3) is 0.542. The van der Waals surface area contributed by atoms with Gasteiger partial charge in [-0.2, -0.15) is 0 Å². The Hall–Kier alpha value is -2.10. The smallest absolute Gasteiger partial charge is 0.228 e. The number of aromatic nitrogens is 4. The van der Waals surface area contributed by atoms with Gasteiger partial charge in [-0.25, -0.2) is 0 Å². The van der Waals surface area contributed by atoms with Crippen molar-refractivity contribution in [3.05, 3.63) is 45.4 Å².